The van der Waals surface area contributed by atoms with Gasteiger partial charge in [0.15, 0.2) is 0 Å². The first-order valence-corrected chi connectivity index (χ1v) is 30.9. The van der Waals surface area contributed by atoms with E-state index in [1.807, 2.05) is 54.6 Å². The number of nitrogens with zero attached hydrogens (tertiary/aromatic N) is 3. The molecule has 2 fully saturated rings. The van der Waals surface area contributed by atoms with E-state index in [4.69, 9.17) is 69.5 Å². The summed E-state index contributed by atoms with van der Waals surface area (Å²) in [5, 5.41) is 0.642. The van der Waals surface area contributed by atoms with Crippen LogP contribution >= 0.6 is 38.8 Å². The van der Waals surface area contributed by atoms with Gasteiger partial charge >= 0.3 is 27.0 Å². The van der Waals surface area contributed by atoms with Crippen LogP contribution in [0.3, 0.4) is 0 Å². The topological polar surface area (TPSA) is 260 Å². The highest BCUT2D eigenvalue weighted by Gasteiger charge is 2.49. The summed E-state index contributed by atoms with van der Waals surface area (Å²) in [6.45, 7) is 12.0. The number of phosphoric ester groups is 2. The second kappa shape index (κ2) is 28.7. The lowest BCUT2D eigenvalue weighted by molar-refractivity contribution is -0.0949. The normalized spacial score (nSPS) is 20.0. The molecular weight excluding hydrogens is 1180 g/mol. The number of hydrogen-bond acceptors (Lipinski definition) is 17. The van der Waals surface area contributed by atoms with Gasteiger partial charge in [0.2, 0.25) is 0 Å². The molecule has 0 amide bonds. The molecule has 2 unspecified atom stereocenters. The zero-order chi connectivity index (χ0) is 61.1. The molecule has 3 N–H and O–H groups in total. The smallest absolute Gasteiger partial charge is 0.497 e. The van der Waals surface area contributed by atoms with E-state index in [1.54, 1.807) is 38.5 Å². The molecule has 9 rings (SSSR count). The maximum atomic E-state index is 15.6. The number of benzene rings is 5. The van der Waals surface area contributed by atoms with Crippen molar-refractivity contribution in [2.24, 2.45) is 0 Å². The van der Waals surface area contributed by atoms with Crippen LogP contribution < -0.4 is 41.0 Å². The number of H-pyrrole nitrogens is 2. The lowest BCUT2D eigenvalue weighted by Gasteiger charge is -2.37. The third kappa shape index (κ3) is 16.1. The summed E-state index contributed by atoms with van der Waals surface area (Å²) in [6, 6.07) is 35.3. The van der Waals surface area contributed by atoms with Gasteiger partial charge in [0, 0.05) is 46.4 Å². The molecule has 2 aliphatic heterocycles. The number of phosphoric acid groups is 2. The Labute approximate surface area is 500 Å². The molecule has 2 aromatic heterocycles. The monoisotopic (exact) mass is 1250 g/mol. The van der Waals surface area contributed by atoms with E-state index >= 15 is 4.57 Å². The number of rotatable bonds is 24. The first-order valence-electron chi connectivity index (χ1n) is 27.2. The molecule has 0 radical (unpaired) electrons. The minimum absolute atomic E-state index is 0.0370. The van der Waals surface area contributed by atoms with Crippen LogP contribution in [0.25, 0.3) is 0 Å². The van der Waals surface area contributed by atoms with Gasteiger partial charge in [-0.3, -0.25) is 47.2 Å². The molecule has 7 aromatic rings. The van der Waals surface area contributed by atoms with Crippen molar-refractivity contribution in [3.05, 3.63) is 219 Å². The van der Waals surface area contributed by atoms with Gasteiger partial charge in [-0.05, 0) is 123 Å². The summed E-state index contributed by atoms with van der Waals surface area (Å²) >= 11 is 12.3. The van der Waals surface area contributed by atoms with E-state index in [2.05, 4.69) is 35.6 Å². The maximum absolute atomic E-state index is 15.6. The average Bonchev–Trinajstić information content (AvgIpc) is 2.33. The first kappa shape index (κ1) is 64.4. The SMILES string of the molecule is CCN(CC)CC.COc1ccc(C(OC[C@H]2O[C@@H](n3cc(C)c(=O)[nH]c3=O)C[C@@H]2OP(=O)(OC[C@H]2O[C@@H](n3cc(C)c(=O)[nH]c3=O)C[C@@H]2OP(=O)(O)Oc2ccc(Cl)cc2)Oc2ccc(Cl)cc2)(c2ccccc2)c2ccc(OC)cc2)cc1. The van der Waals surface area contributed by atoms with Gasteiger partial charge in [0.1, 0.15) is 65.5 Å². The van der Waals surface area contributed by atoms with Crippen molar-refractivity contribution in [1.82, 2.24) is 24.0 Å². The molecular formula is C59H67Cl2N5O17P2. The van der Waals surface area contributed by atoms with E-state index in [9.17, 15) is 28.6 Å². The Hall–Kier alpha value is -6.62. The molecule has 454 valence electrons. The number of nitrogens with one attached hydrogen (secondary N) is 2. The van der Waals surface area contributed by atoms with Gasteiger partial charge in [-0.1, -0.05) is 98.6 Å². The van der Waals surface area contributed by atoms with E-state index in [-0.39, 0.29) is 42.1 Å². The van der Waals surface area contributed by atoms with E-state index < -0.39 is 87.2 Å². The zero-order valence-corrected chi connectivity index (χ0v) is 51.0. The van der Waals surface area contributed by atoms with E-state index in [0.29, 0.717) is 38.2 Å². The first-order chi connectivity index (χ1) is 40.7. The Morgan fingerprint density at radius 1 is 0.588 bits per heavy atom. The summed E-state index contributed by atoms with van der Waals surface area (Å²) in [5.74, 6) is 1.05. The van der Waals surface area contributed by atoms with E-state index in [0.717, 1.165) is 4.57 Å². The number of aromatic amines is 2. The van der Waals surface area contributed by atoms with Crippen molar-refractivity contribution in [2.45, 2.75) is 89.9 Å². The Balaban J connectivity index is 0.00000126. The van der Waals surface area contributed by atoms with E-state index in [1.165, 1.54) is 99.0 Å². The zero-order valence-electron chi connectivity index (χ0n) is 47.7. The predicted molar refractivity (Wildman–Crippen MR) is 318 cm³/mol. The minimum atomic E-state index is -5.03. The second-order valence-electron chi connectivity index (χ2n) is 19.7. The highest BCUT2D eigenvalue weighted by atomic mass is 35.5. The predicted octanol–water partition coefficient (Wildman–Crippen LogP) is 10.1. The number of methoxy groups -OCH3 is 2. The molecule has 0 spiro atoms. The van der Waals surface area contributed by atoms with Crippen molar-refractivity contribution < 1.29 is 60.3 Å². The van der Waals surface area contributed by atoms with Crippen LogP contribution in [0.4, 0.5) is 0 Å². The lowest BCUT2D eigenvalue weighted by Crippen LogP contribution is -2.38. The Morgan fingerprint density at radius 2 is 1.00 bits per heavy atom. The number of hydrogen-bond donors (Lipinski definition) is 3. The number of aryl methyl sites for hydroxylation is 2. The van der Waals surface area contributed by atoms with Crippen molar-refractivity contribution in [3.63, 3.8) is 0 Å². The highest BCUT2D eigenvalue weighted by Crippen LogP contribution is 2.55. The molecule has 5 aromatic carbocycles. The third-order valence-electron chi connectivity index (χ3n) is 14.2. The average molecular weight is 1250 g/mol. The highest BCUT2D eigenvalue weighted by molar-refractivity contribution is 7.49. The number of ether oxygens (including phenoxy) is 5. The Morgan fingerprint density at radius 3 is 1.44 bits per heavy atom. The van der Waals surface area contributed by atoms with Gasteiger partial charge in [0.25, 0.3) is 11.1 Å². The minimum Gasteiger partial charge on any atom is -0.497 e. The molecule has 0 bridgehead atoms. The lowest BCUT2D eigenvalue weighted by atomic mass is 9.80. The quantitative estimate of drug-likeness (QED) is 0.0375. The van der Waals surface area contributed by atoms with Crippen molar-refractivity contribution in [2.75, 3.05) is 47.1 Å². The second-order valence-corrected chi connectivity index (χ2v) is 23.5. The van der Waals surface area contributed by atoms with Crippen LogP contribution in [-0.4, -0.2) is 100 Å². The molecule has 0 aliphatic carbocycles. The maximum Gasteiger partial charge on any atom is 0.530 e. The van der Waals surface area contributed by atoms with Gasteiger partial charge in [-0.15, -0.1) is 0 Å². The van der Waals surface area contributed by atoms with Crippen LogP contribution in [0, 0.1) is 13.8 Å². The fourth-order valence-electron chi connectivity index (χ4n) is 9.67. The van der Waals surface area contributed by atoms with Crippen molar-refractivity contribution in [1.29, 1.82) is 0 Å². The standard InChI is InChI=1S/C53H52Cl2N4O17P2.C6H15N/c1-32-28-58(51(62)56-49(32)60)47-26-43(75-77(64,65)73-41-22-14-37(54)15-23-41)46(72-47)31-70-78(66,74-42-24-16-38(55)17-25-42)76-44-27-48(59-29-33(2)50(61)57-52(59)63)71-45(44)30-69-53(34-8-6-5-7-9-34,35-10-18-39(67-3)19-11-35)36-12-20-40(68-4)21-13-36;1-4-7(5-2)6-3/h5-25,28-29,43-48H,26-27,30-31H2,1-4H3,(H,64,65)(H,56,60,62)(H,57,61,63);4-6H2,1-3H3/t43-,44-,45+,46+,47+,48+,78?;/m0./s1. The Kier molecular flexibility index (Phi) is 21.8. The summed E-state index contributed by atoms with van der Waals surface area (Å²) in [4.78, 5) is 69.6. The largest absolute Gasteiger partial charge is 0.530 e. The molecule has 26 heteroatoms. The van der Waals surface area contributed by atoms with Crippen LogP contribution in [-0.2, 0) is 42.5 Å². The molecule has 8 atom stereocenters. The van der Waals surface area contributed by atoms with Crippen LogP contribution in [0.2, 0.25) is 10.0 Å². The molecule has 4 heterocycles. The summed E-state index contributed by atoms with van der Waals surface area (Å²) in [6.07, 6.45) is -5.72. The third-order valence-corrected chi connectivity index (χ3v) is 17.2. The summed E-state index contributed by atoms with van der Waals surface area (Å²) < 4.78 is 92.4. The van der Waals surface area contributed by atoms with Gasteiger partial charge in [0.05, 0.1) is 27.4 Å². The van der Waals surface area contributed by atoms with Gasteiger partial charge in [-0.2, -0.15) is 0 Å². The van der Waals surface area contributed by atoms with Crippen LogP contribution in [0.1, 0.15) is 73.9 Å². The number of halogens is 2. The van der Waals surface area contributed by atoms with Crippen molar-refractivity contribution in [3.8, 4) is 23.0 Å². The summed E-state index contributed by atoms with van der Waals surface area (Å²) in [5.41, 5.74) is -1.98. The van der Waals surface area contributed by atoms with Crippen LogP contribution in [0.15, 0.2) is 159 Å². The fourth-order valence-corrected chi connectivity index (χ4v) is 12.3. The van der Waals surface area contributed by atoms with Crippen molar-refractivity contribution >= 4 is 38.8 Å². The number of aromatic nitrogens is 4. The van der Waals surface area contributed by atoms with Gasteiger partial charge < -0.3 is 37.6 Å². The van der Waals surface area contributed by atoms with Crippen LogP contribution in [0.5, 0.6) is 23.0 Å². The molecule has 0 saturated carbocycles. The summed E-state index contributed by atoms with van der Waals surface area (Å²) in [7, 11) is -6.95. The molecule has 22 nitrogen and oxygen atoms in total. The fraction of sp³-hybridized carbons (Fsp3) is 0.356. The molecule has 85 heavy (non-hydrogen) atoms. The Bertz CT molecular complexity index is 3630. The van der Waals surface area contributed by atoms with Gasteiger partial charge in [-0.25, -0.2) is 18.7 Å². The molecule has 2 aliphatic rings. The molecule has 2 saturated heterocycles.